The molecule has 0 heterocycles. The van der Waals surface area contributed by atoms with Gasteiger partial charge >= 0.3 is 0 Å². The van der Waals surface area contributed by atoms with E-state index in [2.05, 4.69) is 18.1 Å². The molecule has 3 nitrogen and oxygen atoms in total. The Kier molecular flexibility index (Phi) is 8.63. The number of hydrazine groups is 1. The van der Waals surface area contributed by atoms with Crippen LogP contribution in [0.15, 0.2) is 0 Å². The van der Waals surface area contributed by atoms with Crippen LogP contribution in [-0.4, -0.2) is 5.11 Å². The van der Waals surface area contributed by atoms with Crippen LogP contribution < -0.4 is 17.0 Å². The summed E-state index contributed by atoms with van der Waals surface area (Å²) in [5, 5.41) is 0.116. The van der Waals surface area contributed by atoms with E-state index in [0.717, 1.165) is 0 Å². The van der Waals surface area contributed by atoms with Gasteiger partial charge in [-0.3, -0.25) is 0 Å². The SMILES string of the molecule is I.NNC(N)=S. The zero-order valence-electron chi connectivity index (χ0n) is 2.97. The molecule has 0 bridgehead atoms. The van der Waals surface area contributed by atoms with Gasteiger partial charge in [-0.15, -0.1) is 24.0 Å². The second-order valence-electron chi connectivity index (χ2n) is 0.509. The second kappa shape index (κ2) is 5.38. The molecule has 0 aliphatic carbocycles. The maximum Gasteiger partial charge on any atom is 0.177 e. The fourth-order valence-electron chi connectivity index (χ4n) is 0. The minimum Gasteiger partial charge on any atom is -0.375 e. The van der Waals surface area contributed by atoms with Crippen molar-refractivity contribution in [1.82, 2.24) is 5.43 Å². The summed E-state index contributed by atoms with van der Waals surface area (Å²) in [6, 6.07) is 0. The van der Waals surface area contributed by atoms with E-state index in [1.807, 2.05) is 5.43 Å². The highest BCUT2D eigenvalue weighted by atomic mass is 127. The normalized spacial score (nSPS) is 5.50. The number of hydrogen-bond acceptors (Lipinski definition) is 2. The van der Waals surface area contributed by atoms with Crippen LogP contribution >= 0.6 is 36.2 Å². The molecule has 6 heavy (non-hydrogen) atoms. The maximum absolute atomic E-state index is 4.79. The van der Waals surface area contributed by atoms with Crippen molar-refractivity contribution < 1.29 is 0 Å². The fourth-order valence-corrected chi connectivity index (χ4v) is 0. The minimum atomic E-state index is 0. The third kappa shape index (κ3) is 8.83. The molecule has 0 fully saturated rings. The highest BCUT2D eigenvalue weighted by Crippen LogP contribution is 1.40. The average molecular weight is 219 g/mol. The molecule has 0 aliphatic heterocycles. The van der Waals surface area contributed by atoms with Gasteiger partial charge in [0, 0.05) is 0 Å². The number of nitrogens with one attached hydrogen (secondary N) is 1. The highest BCUT2D eigenvalue weighted by Gasteiger charge is 1.66. The van der Waals surface area contributed by atoms with Crippen molar-refractivity contribution in [1.29, 1.82) is 0 Å². The Morgan fingerprint density at radius 3 is 1.83 bits per heavy atom. The van der Waals surface area contributed by atoms with Crippen LogP contribution in [0.4, 0.5) is 0 Å². The first-order valence-electron chi connectivity index (χ1n) is 1.03. The van der Waals surface area contributed by atoms with Gasteiger partial charge in [-0.1, -0.05) is 0 Å². The predicted octanol–water partition coefficient (Wildman–Crippen LogP) is -0.689. The molecule has 0 atom stereocenters. The Bertz CT molecular complexity index is 46.1. The smallest absolute Gasteiger partial charge is 0.177 e. The van der Waals surface area contributed by atoms with Crippen LogP contribution in [0.3, 0.4) is 0 Å². The number of nitrogens with two attached hydrogens (primary N) is 2. The molecule has 0 unspecified atom stereocenters. The summed E-state index contributed by atoms with van der Waals surface area (Å²) < 4.78 is 0. The van der Waals surface area contributed by atoms with Gasteiger partial charge in [0.05, 0.1) is 0 Å². The van der Waals surface area contributed by atoms with Crippen molar-refractivity contribution in [3.63, 3.8) is 0 Å². The van der Waals surface area contributed by atoms with Crippen molar-refractivity contribution in [2.24, 2.45) is 11.6 Å². The molecule has 0 saturated carbocycles. The van der Waals surface area contributed by atoms with Gasteiger partial charge in [-0.25, -0.2) is 5.84 Å². The van der Waals surface area contributed by atoms with E-state index in [1.165, 1.54) is 0 Å². The van der Waals surface area contributed by atoms with E-state index in [1.54, 1.807) is 0 Å². The van der Waals surface area contributed by atoms with Gasteiger partial charge in [0.1, 0.15) is 0 Å². The molecule has 0 aromatic carbocycles. The first-order chi connectivity index (χ1) is 2.27. The van der Waals surface area contributed by atoms with E-state index >= 15 is 0 Å². The Morgan fingerprint density at radius 2 is 1.83 bits per heavy atom. The molecule has 5 N–H and O–H groups in total. The van der Waals surface area contributed by atoms with E-state index in [-0.39, 0.29) is 29.1 Å². The molecular formula is CH6IN3S. The lowest BCUT2D eigenvalue weighted by molar-refractivity contribution is 1.03. The summed E-state index contributed by atoms with van der Waals surface area (Å²) >= 11 is 4.24. The standard InChI is InChI=1S/CH5N3S.HI/c2-1(5)4-3;/h3H2,(H3,2,4,5);1H. The largest absolute Gasteiger partial charge is 0.375 e. The molecule has 0 radical (unpaired) electrons. The van der Waals surface area contributed by atoms with Crippen LogP contribution in [0.25, 0.3) is 0 Å². The number of hydrogen-bond donors (Lipinski definition) is 3. The van der Waals surface area contributed by atoms with E-state index < -0.39 is 0 Å². The highest BCUT2D eigenvalue weighted by molar-refractivity contribution is 14.0. The van der Waals surface area contributed by atoms with Crippen molar-refractivity contribution in [2.75, 3.05) is 0 Å². The Labute approximate surface area is 58.4 Å². The zero-order chi connectivity index (χ0) is 4.28. The van der Waals surface area contributed by atoms with Crippen LogP contribution in [0, 0.1) is 0 Å². The molecule has 0 rings (SSSR count). The van der Waals surface area contributed by atoms with Gasteiger partial charge in [0.15, 0.2) is 5.11 Å². The first-order valence-corrected chi connectivity index (χ1v) is 1.44. The van der Waals surface area contributed by atoms with E-state index in [0.29, 0.717) is 0 Å². The second-order valence-corrected chi connectivity index (χ2v) is 0.948. The summed E-state index contributed by atoms with van der Waals surface area (Å²) in [6.07, 6.45) is 0. The molecule has 0 saturated heterocycles. The Morgan fingerprint density at radius 1 is 1.67 bits per heavy atom. The number of thiocarbonyl (C=S) groups is 1. The van der Waals surface area contributed by atoms with E-state index in [4.69, 9.17) is 5.73 Å². The van der Waals surface area contributed by atoms with Gasteiger partial charge in [-0.2, -0.15) is 0 Å². The molecule has 0 aliphatic rings. The number of rotatable bonds is 0. The lowest BCUT2D eigenvalue weighted by Crippen LogP contribution is -2.34. The molecular weight excluding hydrogens is 213 g/mol. The van der Waals surface area contributed by atoms with Crippen molar-refractivity contribution >= 4 is 41.3 Å². The summed E-state index contributed by atoms with van der Waals surface area (Å²) in [7, 11) is 0. The molecule has 0 amide bonds. The third-order valence-electron chi connectivity index (χ3n) is 0.142. The maximum atomic E-state index is 4.79. The van der Waals surface area contributed by atoms with Gasteiger partial charge in [0.2, 0.25) is 0 Å². The first kappa shape index (κ1) is 9.63. The van der Waals surface area contributed by atoms with Crippen molar-refractivity contribution in [3.8, 4) is 0 Å². The van der Waals surface area contributed by atoms with E-state index in [9.17, 15) is 0 Å². The molecule has 5 heteroatoms. The van der Waals surface area contributed by atoms with Crippen LogP contribution in [0.2, 0.25) is 0 Å². The van der Waals surface area contributed by atoms with Crippen LogP contribution in [-0.2, 0) is 0 Å². The monoisotopic (exact) mass is 219 g/mol. The lowest BCUT2D eigenvalue weighted by Gasteiger charge is -1.85. The molecule has 0 aromatic rings. The van der Waals surface area contributed by atoms with Crippen LogP contribution in [0.5, 0.6) is 0 Å². The summed E-state index contributed by atoms with van der Waals surface area (Å²) in [4.78, 5) is 0. The van der Waals surface area contributed by atoms with Gasteiger partial charge in [-0.05, 0) is 12.2 Å². The summed E-state index contributed by atoms with van der Waals surface area (Å²) in [5.41, 5.74) is 6.82. The quantitative estimate of drug-likeness (QED) is 0.218. The molecule has 0 spiro atoms. The number of halogens is 1. The van der Waals surface area contributed by atoms with Crippen molar-refractivity contribution in [2.45, 2.75) is 0 Å². The summed E-state index contributed by atoms with van der Waals surface area (Å²) in [6.45, 7) is 0. The predicted molar refractivity (Wildman–Crippen MR) is 39.5 cm³/mol. The van der Waals surface area contributed by atoms with Gasteiger partial charge < -0.3 is 11.2 Å². The zero-order valence-corrected chi connectivity index (χ0v) is 6.12. The molecule has 0 aromatic heterocycles. The Balaban J connectivity index is 0. The van der Waals surface area contributed by atoms with Crippen LogP contribution in [0.1, 0.15) is 0 Å². The van der Waals surface area contributed by atoms with Crippen molar-refractivity contribution in [3.05, 3.63) is 0 Å². The Hall–Kier alpha value is 0.380. The average Bonchev–Trinajstić information content (AvgIpc) is 1.38. The summed E-state index contributed by atoms with van der Waals surface area (Å²) in [5.74, 6) is 4.66. The minimum absolute atomic E-state index is 0. The fraction of sp³-hybridized carbons (Fsp3) is 0. The lowest BCUT2D eigenvalue weighted by atomic mass is 11.2. The molecule has 38 valence electrons. The topological polar surface area (TPSA) is 64.1 Å². The van der Waals surface area contributed by atoms with Gasteiger partial charge in [0.25, 0.3) is 0 Å². The third-order valence-corrected chi connectivity index (χ3v) is 0.260.